The predicted octanol–water partition coefficient (Wildman–Crippen LogP) is 6.31. The summed E-state index contributed by atoms with van der Waals surface area (Å²) in [5.74, 6) is -4.63. The molecule has 0 aliphatic carbocycles. The van der Waals surface area contributed by atoms with Crippen LogP contribution in [0.15, 0.2) is 103 Å². The molecule has 5 aromatic rings. The zero-order valence-electron chi connectivity index (χ0n) is 25.5. The van der Waals surface area contributed by atoms with E-state index in [-0.39, 0.29) is 51.6 Å². The number of aromatic hydroxyl groups is 1. The summed E-state index contributed by atoms with van der Waals surface area (Å²) in [6.07, 6.45) is -0.214. The molecule has 0 heterocycles. The largest absolute Gasteiger partial charge is 0.505 e. The molecule has 0 amide bonds. The lowest BCUT2D eigenvalue weighted by Crippen LogP contribution is -2.07. The first-order chi connectivity index (χ1) is 23.9. The molecular formula is C31H23N5O13S2. The van der Waals surface area contributed by atoms with Gasteiger partial charge in [0.25, 0.3) is 20.2 Å². The maximum atomic E-state index is 12.3. The second-order valence-electron chi connectivity index (χ2n) is 10.6. The number of benzene rings is 5. The molecule has 0 bridgehead atoms. The van der Waals surface area contributed by atoms with E-state index in [0.717, 1.165) is 36.4 Å². The Labute approximate surface area is 286 Å². The van der Waals surface area contributed by atoms with E-state index < -0.39 is 70.5 Å². The molecule has 0 atom stereocenters. The van der Waals surface area contributed by atoms with E-state index in [1.165, 1.54) is 36.4 Å². The smallest absolute Gasteiger partial charge is 0.335 e. The summed E-state index contributed by atoms with van der Waals surface area (Å²) in [4.78, 5) is 32.5. The summed E-state index contributed by atoms with van der Waals surface area (Å²) < 4.78 is 68.2. The summed E-state index contributed by atoms with van der Waals surface area (Å²) in [5, 5.41) is 57.8. The van der Waals surface area contributed by atoms with E-state index in [0.29, 0.717) is 5.69 Å². The summed E-state index contributed by atoms with van der Waals surface area (Å²) in [6, 6.07) is 14.1. The van der Waals surface area contributed by atoms with Crippen LogP contribution in [0.5, 0.6) is 5.75 Å². The van der Waals surface area contributed by atoms with Crippen LogP contribution in [0.25, 0.3) is 21.5 Å². The maximum Gasteiger partial charge on any atom is 0.335 e. The lowest BCUT2D eigenvalue weighted by molar-refractivity contribution is -0.136. The fourth-order valence-electron chi connectivity index (χ4n) is 4.82. The van der Waals surface area contributed by atoms with Gasteiger partial charge in [-0.15, -0.1) is 15.3 Å². The molecule has 0 spiro atoms. The van der Waals surface area contributed by atoms with E-state index >= 15 is 0 Å². The summed E-state index contributed by atoms with van der Waals surface area (Å²) in [6.45, 7) is 0.0390. The van der Waals surface area contributed by atoms with E-state index in [2.05, 4.69) is 25.8 Å². The van der Waals surface area contributed by atoms with Crippen molar-refractivity contribution in [3.63, 3.8) is 0 Å². The third-order valence-electron chi connectivity index (χ3n) is 7.18. The van der Waals surface area contributed by atoms with Gasteiger partial charge in [0.1, 0.15) is 10.6 Å². The number of carboxylic acid groups (broad SMARTS) is 3. The number of carbonyl (C=O) groups is 3. The number of rotatable bonds is 12. The summed E-state index contributed by atoms with van der Waals surface area (Å²) in [7, 11) is -9.75. The number of hydrogen-bond donors (Lipinski definition) is 7. The van der Waals surface area contributed by atoms with Gasteiger partial charge in [-0.1, -0.05) is 12.1 Å². The van der Waals surface area contributed by atoms with E-state index in [1.54, 1.807) is 0 Å². The molecule has 18 nitrogen and oxygen atoms in total. The molecule has 5 rings (SSSR count). The SMILES string of the molecule is O=C(O)CCNc1ccc2cc(S(=O)(=O)O)c(N=Nc3ccc(N=Nc4cc(C(=O)O)cc(C(=O)O)c4)c4cc(S(=O)(=O)O)ccc34)c(O)c2c1. The number of carboxylic acids is 3. The molecule has 262 valence electrons. The van der Waals surface area contributed by atoms with Crippen LogP contribution in [0.1, 0.15) is 27.1 Å². The summed E-state index contributed by atoms with van der Waals surface area (Å²) >= 11 is 0. The van der Waals surface area contributed by atoms with Crippen molar-refractivity contribution in [2.24, 2.45) is 20.5 Å². The number of aromatic carboxylic acids is 2. The Kier molecular flexibility index (Phi) is 9.78. The fourth-order valence-corrected chi connectivity index (χ4v) is 5.98. The topological polar surface area (TPSA) is 302 Å². The number of azo groups is 2. The van der Waals surface area contributed by atoms with Crippen molar-refractivity contribution in [3.8, 4) is 5.75 Å². The first-order valence-corrected chi connectivity index (χ1v) is 17.0. The van der Waals surface area contributed by atoms with Gasteiger partial charge in [-0.25, -0.2) is 9.59 Å². The van der Waals surface area contributed by atoms with Crippen LogP contribution in [-0.4, -0.2) is 70.8 Å². The van der Waals surface area contributed by atoms with Crippen molar-refractivity contribution in [1.82, 2.24) is 0 Å². The first-order valence-electron chi connectivity index (χ1n) is 14.1. The molecule has 0 fully saturated rings. The molecule has 0 unspecified atom stereocenters. The number of nitrogens with one attached hydrogen (secondary N) is 1. The van der Waals surface area contributed by atoms with Crippen molar-refractivity contribution in [2.75, 3.05) is 11.9 Å². The zero-order valence-corrected chi connectivity index (χ0v) is 27.1. The highest BCUT2D eigenvalue weighted by atomic mass is 32.2. The number of hydrogen-bond acceptors (Lipinski definition) is 13. The quantitative estimate of drug-likeness (QED) is 0.0545. The Morgan fingerprint density at radius 3 is 1.86 bits per heavy atom. The Morgan fingerprint density at radius 1 is 0.647 bits per heavy atom. The first kappa shape index (κ1) is 35.9. The van der Waals surface area contributed by atoms with E-state index in [1.807, 2.05) is 0 Å². The Hall–Kier alpha value is -6.35. The van der Waals surface area contributed by atoms with Crippen LogP contribution in [0.4, 0.5) is 28.4 Å². The maximum absolute atomic E-state index is 12.3. The molecule has 0 aliphatic heterocycles. The van der Waals surface area contributed by atoms with Crippen molar-refractivity contribution in [3.05, 3.63) is 83.9 Å². The molecule has 20 heteroatoms. The van der Waals surface area contributed by atoms with Gasteiger partial charge in [-0.3, -0.25) is 13.9 Å². The number of fused-ring (bicyclic) bond motifs is 2. The van der Waals surface area contributed by atoms with Gasteiger partial charge in [0.2, 0.25) is 0 Å². The molecule has 0 saturated carbocycles. The van der Waals surface area contributed by atoms with Crippen LogP contribution in [0.3, 0.4) is 0 Å². The van der Waals surface area contributed by atoms with Crippen LogP contribution in [-0.2, 0) is 25.0 Å². The number of anilines is 1. The number of nitrogens with zero attached hydrogens (tertiary/aromatic N) is 4. The molecule has 0 radical (unpaired) electrons. The van der Waals surface area contributed by atoms with Gasteiger partial charge in [0.15, 0.2) is 5.75 Å². The molecule has 5 aromatic carbocycles. The van der Waals surface area contributed by atoms with E-state index in [9.17, 15) is 55.6 Å². The highest BCUT2D eigenvalue weighted by Crippen LogP contribution is 2.43. The molecular weight excluding hydrogens is 714 g/mol. The van der Waals surface area contributed by atoms with Crippen LogP contribution in [0.2, 0.25) is 0 Å². The number of phenols is 1. The zero-order chi connectivity index (χ0) is 37.2. The number of phenolic OH excluding ortho intramolecular Hbond substituents is 1. The average Bonchev–Trinajstić information content (AvgIpc) is 3.05. The third kappa shape index (κ3) is 8.11. The summed E-state index contributed by atoms with van der Waals surface area (Å²) in [5.41, 5.74) is -1.40. The minimum Gasteiger partial charge on any atom is -0.505 e. The van der Waals surface area contributed by atoms with Crippen LogP contribution < -0.4 is 5.32 Å². The predicted molar refractivity (Wildman–Crippen MR) is 179 cm³/mol. The minimum atomic E-state index is -5.00. The minimum absolute atomic E-state index is 0.0204. The molecule has 7 N–H and O–H groups in total. The van der Waals surface area contributed by atoms with Gasteiger partial charge >= 0.3 is 17.9 Å². The Balaban J connectivity index is 1.64. The lowest BCUT2D eigenvalue weighted by atomic mass is 10.1. The molecule has 0 aliphatic rings. The Bertz CT molecular complexity index is 2540. The van der Waals surface area contributed by atoms with Crippen LogP contribution >= 0.6 is 0 Å². The van der Waals surface area contributed by atoms with Crippen molar-refractivity contribution in [2.45, 2.75) is 16.2 Å². The third-order valence-corrected chi connectivity index (χ3v) is 8.90. The van der Waals surface area contributed by atoms with Crippen molar-refractivity contribution in [1.29, 1.82) is 0 Å². The highest BCUT2D eigenvalue weighted by Gasteiger charge is 2.23. The van der Waals surface area contributed by atoms with Gasteiger partial charge in [-0.05, 0) is 66.0 Å². The molecule has 0 aromatic heterocycles. The second kappa shape index (κ2) is 13.9. The standard InChI is InChI=1S/C31H23N5O13S2/c37-27(38)7-8-32-18-2-1-15-12-26(51(47,48)49)28(29(39)22(15)13-18)36-35-24-5-6-25(23-14-20(50(44,45)46)3-4-21(23)24)34-33-19-10-16(30(40)41)9-17(11-19)31(42)43/h1-6,9-14,32,39H,7-8H2,(H,37,38)(H,40,41)(H,42,43)(H,44,45,46)(H,47,48,49). The molecule has 0 saturated heterocycles. The lowest BCUT2D eigenvalue weighted by Gasteiger charge is -2.11. The van der Waals surface area contributed by atoms with Gasteiger partial charge in [0.05, 0.1) is 39.5 Å². The Morgan fingerprint density at radius 2 is 1.27 bits per heavy atom. The van der Waals surface area contributed by atoms with Crippen molar-refractivity contribution >= 4 is 88.1 Å². The van der Waals surface area contributed by atoms with Crippen molar-refractivity contribution < 1.29 is 60.8 Å². The normalized spacial score (nSPS) is 12.2. The number of aliphatic carboxylic acids is 1. The van der Waals surface area contributed by atoms with E-state index in [4.69, 9.17) is 5.11 Å². The average molecular weight is 738 g/mol. The monoisotopic (exact) mass is 737 g/mol. The van der Waals surface area contributed by atoms with Crippen LogP contribution in [0, 0.1) is 0 Å². The molecule has 51 heavy (non-hydrogen) atoms. The van der Waals surface area contributed by atoms with Gasteiger partial charge in [-0.2, -0.15) is 21.9 Å². The van der Waals surface area contributed by atoms with Gasteiger partial charge < -0.3 is 25.7 Å². The second-order valence-corrected chi connectivity index (χ2v) is 13.4. The van der Waals surface area contributed by atoms with Gasteiger partial charge in [0, 0.05) is 28.4 Å². The highest BCUT2D eigenvalue weighted by molar-refractivity contribution is 7.86. The fraction of sp³-hybridized carbons (Fsp3) is 0.0645.